The molecule has 1 aliphatic heterocycles. The van der Waals surface area contributed by atoms with Crippen LogP contribution in [0.1, 0.15) is 25.5 Å². The van der Waals surface area contributed by atoms with E-state index < -0.39 is 16.1 Å². The summed E-state index contributed by atoms with van der Waals surface area (Å²) >= 11 is 0. The van der Waals surface area contributed by atoms with Crippen LogP contribution in [-0.2, 0) is 26.2 Å². The van der Waals surface area contributed by atoms with E-state index in [2.05, 4.69) is 10.6 Å². The van der Waals surface area contributed by atoms with Crippen LogP contribution in [0.15, 0.2) is 52.0 Å². The van der Waals surface area contributed by atoms with Crippen LogP contribution in [-0.4, -0.2) is 50.8 Å². The summed E-state index contributed by atoms with van der Waals surface area (Å²) in [4.78, 5) is 24.9. The lowest BCUT2D eigenvalue weighted by Gasteiger charge is -2.31. The van der Waals surface area contributed by atoms with Crippen molar-refractivity contribution in [3.8, 4) is 5.75 Å². The fourth-order valence-corrected chi connectivity index (χ4v) is 4.86. The third kappa shape index (κ3) is 5.65. The molecule has 2 amide bonds. The van der Waals surface area contributed by atoms with Crippen molar-refractivity contribution in [2.24, 2.45) is 5.92 Å². The van der Waals surface area contributed by atoms with Crippen LogP contribution in [0, 0.1) is 5.92 Å². The fraction of sp³-hybridized carbons (Fsp3) is 0.429. The Hall–Kier alpha value is -2.85. The van der Waals surface area contributed by atoms with Gasteiger partial charge in [-0.25, -0.2) is 8.42 Å². The molecule has 1 aromatic carbocycles. The number of benzene rings is 1. The molecule has 0 radical (unpaired) electrons. The number of methoxy groups -OCH3 is 1. The van der Waals surface area contributed by atoms with Gasteiger partial charge in [0.25, 0.3) is 0 Å². The number of hydrogen-bond acceptors (Lipinski definition) is 6. The first-order valence-electron chi connectivity index (χ1n) is 10.1. The molecule has 2 aromatic rings. The van der Waals surface area contributed by atoms with Crippen LogP contribution in [0.5, 0.6) is 5.75 Å². The number of piperidine rings is 1. The van der Waals surface area contributed by atoms with Gasteiger partial charge < -0.3 is 19.8 Å². The molecule has 31 heavy (non-hydrogen) atoms. The topological polar surface area (TPSA) is 118 Å². The molecule has 168 valence electrons. The van der Waals surface area contributed by atoms with Crippen molar-refractivity contribution < 1.29 is 27.2 Å². The highest BCUT2D eigenvalue weighted by molar-refractivity contribution is 7.89. The van der Waals surface area contributed by atoms with E-state index in [-0.39, 0.29) is 42.3 Å². The minimum atomic E-state index is -3.63. The first-order chi connectivity index (χ1) is 14.8. The van der Waals surface area contributed by atoms with Crippen LogP contribution in [0.3, 0.4) is 0 Å². The largest absolute Gasteiger partial charge is 0.497 e. The molecular formula is C21H27N3O6S. The number of nitrogens with zero attached hydrogens (tertiary/aromatic N) is 1. The third-order valence-corrected chi connectivity index (χ3v) is 7.20. The Morgan fingerprint density at radius 2 is 1.87 bits per heavy atom. The maximum atomic E-state index is 12.8. The van der Waals surface area contributed by atoms with Gasteiger partial charge in [-0.15, -0.1) is 0 Å². The summed E-state index contributed by atoms with van der Waals surface area (Å²) in [6.45, 7) is 2.34. The summed E-state index contributed by atoms with van der Waals surface area (Å²) in [6.07, 6.45) is 2.30. The number of rotatable bonds is 8. The molecule has 0 bridgehead atoms. The standard InChI is InChI=1S/C21H27N3O6S/c1-15(20(25)22-14-18-4-3-13-30-18)23-21(26)16-9-11-24(12-10-16)31(27,28)19-7-5-17(29-2)6-8-19/h3-8,13,15-16H,9-12,14H2,1-2H3,(H,22,25)(H,23,26)/t15-/m1/s1. The van der Waals surface area contributed by atoms with Gasteiger partial charge in [0.15, 0.2) is 0 Å². The number of nitrogens with one attached hydrogen (secondary N) is 2. The number of carbonyl (C=O) groups excluding carboxylic acids is 2. The van der Waals surface area contributed by atoms with E-state index in [9.17, 15) is 18.0 Å². The molecule has 0 spiro atoms. The molecule has 0 aliphatic carbocycles. The average Bonchev–Trinajstić information content (AvgIpc) is 3.31. The predicted molar refractivity (Wildman–Crippen MR) is 113 cm³/mol. The van der Waals surface area contributed by atoms with Crippen molar-refractivity contribution in [1.29, 1.82) is 0 Å². The molecule has 2 N–H and O–H groups in total. The first kappa shape index (κ1) is 22.8. The van der Waals surface area contributed by atoms with Crippen LogP contribution < -0.4 is 15.4 Å². The summed E-state index contributed by atoms with van der Waals surface area (Å²) in [5.74, 6) is 0.294. The highest BCUT2D eigenvalue weighted by Gasteiger charge is 2.33. The van der Waals surface area contributed by atoms with Gasteiger partial charge in [-0.3, -0.25) is 9.59 Å². The zero-order chi connectivity index (χ0) is 22.4. The Bertz CT molecular complexity index is 981. The summed E-state index contributed by atoms with van der Waals surface area (Å²) in [5, 5.41) is 5.42. The van der Waals surface area contributed by atoms with E-state index in [1.807, 2.05) is 0 Å². The van der Waals surface area contributed by atoms with E-state index in [0.29, 0.717) is 24.4 Å². The minimum absolute atomic E-state index is 0.193. The van der Waals surface area contributed by atoms with Gasteiger partial charge in [-0.1, -0.05) is 0 Å². The van der Waals surface area contributed by atoms with Gasteiger partial charge >= 0.3 is 0 Å². The Morgan fingerprint density at radius 1 is 1.19 bits per heavy atom. The van der Waals surface area contributed by atoms with Crippen molar-refractivity contribution in [3.05, 3.63) is 48.4 Å². The highest BCUT2D eigenvalue weighted by atomic mass is 32.2. The van der Waals surface area contributed by atoms with Crippen LogP contribution in [0.25, 0.3) is 0 Å². The predicted octanol–water partition coefficient (Wildman–Crippen LogP) is 1.51. The maximum Gasteiger partial charge on any atom is 0.243 e. The number of ether oxygens (including phenoxy) is 1. The lowest BCUT2D eigenvalue weighted by Crippen LogP contribution is -2.49. The summed E-state index contributed by atoms with van der Waals surface area (Å²) in [7, 11) is -2.11. The molecular weight excluding hydrogens is 422 g/mol. The molecule has 1 aliphatic rings. The summed E-state index contributed by atoms with van der Waals surface area (Å²) in [6, 6.07) is 9.00. The molecule has 1 atom stereocenters. The molecule has 1 saturated heterocycles. The average molecular weight is 450 g/mol. The summed E-state index contributed by atoms with van der Waals surface area (Å²) < 4.78 is 37.3. The second-order valence-corrected chi connectivity index (χ2v) is 9.32. The number of sulfonamides is 1. The van der Waals surface area contributed by atoms with Gasteiger partial charge in [-0.05, 0) is 56.2 Å². The number of furan rings is 1. The quantitative estimate of drug-likeness (QED) is 0.631. The molecule has 9 nitrogen and oxygen atoms in total. The molecule has 10 heteroatoms. The number of hydrogen-bond donors (Lipinski definition) is 2. The van der Waals surface area contributed by atoms with Crippen molar-refractivity contribution >= 4 is 21.8 Å². The molecule has 2 heterocycles. The lowest BCUT2D eigenvalue weighted by molar-refractivity contribution is -0.131. The Balaban J connectivity index is 1.49. The van der Waals surface area contributed by atoms with Crippen LogP contribution in [0.4, 0.5) is 0 Å². The second-order valence-electron chi connectivity index (χ2n) is 7.38. The van der Waals surface area contributed by atoms with E-state index in [1.165, 1.54) is 29.8 Å². The van der Waals surface area contributed by atoms with Crippen LogP contribution >= 0.6 is 0 Å². The van der Waals surface area contributed by atoms with Gasteiger partial charge in [0, 0.05) is 19.0 Å². The Morgan fingerprint density at radius 3 is 2.45 bits per heavy atom. The van der Waals surface area contributed by atoms with Crippen LogP contribution in [0.2, 0.25) is 0 Å². The second kappa shape index (κ2) is 9.97. The monoisotopic (exact) mass is 449 g/mol. The summed E-state index contributed by atoms with van der Waals surface area (Å²) in [5.41, 5.74) is 0. The molecule has 0 saturated carbocycles. The van der Waals surface area contributed by atoms with E-state index in [4.69, 9.17) is 9.15 Å². The highest BCUT2D eigenvalue weighted by Crippen LogP contribution is 2.25. The lowest BCUT2D eigenvalue weighted by atomic mass is 9.97. The van der Waals surface area contributed by atoms with Crippen molar-refractivity contribution in [2.45, 2.75) is 37.2 Å². The van der Waals surface area contributed by atoms with E-state index in [0.717, 1.165) is 0 Å². The maximum absolute atomic E-state index is 12.8. The van der Waals surface area contributed by atoms with E-state index >= 15 is 0 Å². The van der Waals surface area contributed by atoms with Gasteiger partial charge in [-0.2, -0.15) is 4.31 Å². The number of carbonyl (C=O) groups is 2. The van der Waals surface area contributed by atoms with Gasteiger partial charge in [0.05, 0.1) is 24.8 Å². The zero-order valence-corrected chi connectivity index (χ0v) is 18.4. The van der Waals surface area contributed by atoms with E-state index in [1.54, 1.807) is 31.2 Å². The van der Waals surface area contributed by atoms with Crippen molar-refractivity contribution in [2.75, 3.05) is 20.2 Å². The SMILES string of the molecule is COc1ccc(S(=O)(=O)N2CCC(C(=O)N[C@H](C)C(=O)NCc3ccco3)CC2)cc1. The van der Waals surface area contributed by atoms with Crippen molar-refractivity contribution in [3.63, 3.8) is 0 Å². The van der Waals surface area contributed by atoms with Gasteiger partial charge in [0.2, 0.25) is 21.8 Å². The molecule has 0 unspecified atom stereocenters. The number of amides is 2. The smallest absolute Gasteiger partial charge is 0.243 e. The molecule has 1 aromatic heterocycles. The fourth-order valence-electron chi connectivity index (χ4n) is 3.39. The van der Waals surface area contributed by atoms with Gasteiger partial charge in [0.1, 0.15) is 17.6 Å². The molecule has 1 fully saturated rings. The van der Waals surface area contributed by atoms with Crippen molar-refractivity contribution in [1.82, 2.24) is 14.9 Å². The Kier molecular flexibility index (Phi) is 7.34. The first-order valence-corrected chi connectivity index (χ1v) is 11.5. The Labute approximate surface area is 181 Å². The third-order valence-electron chi connectivity index (χ3n) is 5.29. The normalized spacial score (nSPS) is 16.5. The zero-order valence-electron chi connectivity index (χ0n) is 17.5. The molecule has 3 rings (SSSR count). The minimum Gasteiger partial charge on any atom is -0.497 e.